The lowest BCUT2D eigenvalue weighted by Crippen LogP contribution is -2.46. The van der Waals surface area contributed by atoms with E-state index in [0.29, 0.717) is 5.84 Å². The SMILES string of the molecule is Cc1ccc([C@@H]2c3c(C)nn(-c4ccc(C)cc4)c3N=C3C(Nc4cccc(C)c4)=Nc4ccccc4N32)cc1. The second kappa shape index (κ2) is 9.35. The number of nitrogens with one attached hydrogen (secondary N) is 1. The molecular weight excluding hydrogens is 492 g/mol. The minimum atomic E-state index is -0.131. The minimum absolute atomic E-state index is 0.131. The summed E-state index contributed by atoms with van der Waals surface area (Å²) >= 11 is 0. The van der Waals surface area contributed by atoms with Gasteiger partial charge in [0.05, 0.1) is 28.8 Å². The summed E-state index contributed by atoms with van der Waals surface area (Å²) < 4.78 is 1.97. The Morgan fingerprint density at radius 1 is 0.700 bits per heavy atom. The molecule has 0 amide bonds. The van der Waals surface area contributed by atoms with E-state index in [9.17, 15) is 0 Å². The molecule has 2 aliphatic rings. The number of benzene rings is 4. The molecule has 0 fully saturated rings. The molecule has 0 bridgehead atoms. The standard InChI is InChI=1S/C34H30N6/c1-21-12-16-25(17-13-21)31-30-24(4)38-40(27-18-14-22(2)15-19-27)33(30)37-34-32(35-26-9-7-8-23(3)20-26)36-28-10-5-6-11-29(28)39(31)34/h5-20,31H,1-4H3,(H,35,36)/t31-/m1/s1. The Balaban J connectivity index is 1.49. The molecule has 0 saturated carbocycles. The van der Waals surface area contributed by atoms with Gasteiger partial charge in [-0.15, -0.1) is 0 Å². The number of amidine groups is 2. The molecular formula is C34H30N6. The summed E-state index contributed by atoms with van der Waals surface area (Å²) in [7, 11) is 0. The number of para-hydroxylation sites is 2. The number of rotatable bonds is 3. The molecule has 3 heterocycles. The van der Waals surface area contributed by atoms with Crippen LogP contribution in [0.1, 0.15) is 39.6 Å². The zero-order valence-corrected chi connectivity index (χ0v) is 23.1. The fourth-order valence-corrected chi connectivity index (χ4v) is 5.59. The molecule has 196 valence electrons. The molecule has 4 aromatic carbocycles. The third kappa shape index (κ3) is 4.00. The second-order valence-electron chi connectivity index (χ2n) is 10.6. The number of fused-ring (bicyclic) bond motifs is 4. The minimum Gasteiger partial charge on any atom is -0.337 e. The van der Waals surface area contributed by atoms with Crippen molar-refractivity contribution in [3.8, 4) is 5.69 Å². The molecule has 7 rings (SSSR count). The van der Waals surface area contributed by atoms with Crippen molar-refractivity contribution in [1.29, 1.82) is 0 Å². The zero-order chi connectivity index (χ0) is 27.4. The van der Waals surface area contributed by atoms with Gasteiger partial charge in [-0.2, -0.15) is 5.10 Å². The van der Waals surface area contributed by atoms with Gasteiger partial charge in [0.1, 0.15) is 0 Å². The van der Waals surface area contributed by atoms with Gasteiger partial charge in [0.25, 0.3) is 0 Å². The molecule has 1 atom stereocenters. The summed E-state index contributed by atoms with van der Waals surface area (Å²) in [5, 5.41) is 8.64. The van der Waals surface area contributed by atoms with Crippen molar-refractivity contribution in [2.24, 2.45) is 9.98 Å². The van der Waals surface area contributed by atoms with E-state index >= 15 is 0 Å². The van der Waals surface area contributed by atoms with Crippen molar-refractivity contribution in [3.05, 3.63) is 131 Å². The van der Waals surface area contributed by atoms with Gasteiger partial charge < -0.3 is 10.2 Å². The summed E-state index contributed by atoms with van der Waals surface area (Å²) in [5.74, 6) is 2.31. The Hall–Kier alpha value is -4.97. The molecule has 0 radical (unpaired) electrons. The molecule has 0 unspecified atom stereocenters. The Kier molecular flexibility index (Phi) is 5.63. The lowest BCUT2D eigenvalue weighted by atomic mass is 9.93. The van der Waals surface area contributed by atoms with E-state index in [1.807, 2.05) is 10.7 Å². The van der Waals surface area contributed by atoms with Crippen LogP contribution in [0.3, 0.4) is 0 Å². The number of aliphatic imine (C=N–C) groups is 2. The molecule has 2 aliphatic heterocycles. The maximum Gasteiger partial charge on any atom is 0.179 e. The van der Waals surface area contributed by atoms with E-state index in [4.69, 9.17) is 15.1 Å². The summed E-state index contributed by atoms with van der Waals surface area (Å²) in [5.41, 5.74) is 10.7. The number of aromatic nitrogens is 2. The van der Waals surface area contributed by atoms with Crippen molar-refractivity contribution in [3.63, 3.8) is 0 Å². The van der Waals surface area contributed by atoms with Crippen molar-refractivity contribution >= 4 is 34.6 Å². The average molecular weight is 523 g/mol. The fourth-order valence-electron chi connectivity index (χ4n) is 5.59. The number of anilines is 2. The highest BCUT2D eigenvalue weighted by atomic mass is 15.4. The van der Waals surface area contributed by atoms with Crippen LogP contribution in [-0.2, 0) is 0 Å². The van der Waals surface area contributed by atoms with Gasteiger partial charge in [0.15, 0.2) is 17.5 Å². The third-order valence-electron chi connectivity index (χ3n) is 7.59. The normalized spacial score (nSPS) is 15.5. The monoisotopic (exact) mass is 522 g/mol. The lowest BCUT2D eigenvalue weighted by Gasteiger charge is -2.40. The molecule has 0 saturated heterocycles. The smallest absolute Gasteiger partial charge is 0.179 e. The van der Waals surface area contributed by atoms with Gasteiger partial charge in [-0.05, 0) is 75.2 Å². The Morgan fingerprint density at radius 3 is 2.17 bits per heavy atom. The predicted octanol–water partition coefficient (Wildman–Crippen LogP) is 7.90. The van der Waals surface area contributed by atoms with Crippen molar-refractivity contribution in [1.82, 2.24) is 9.78 Å². The van der Waals surface area contributed by atoms with Gasteiger partial charge in [-0.3, -0.25) is 0 Å². The fraction of sp³-hybridized carbons (Fsp3) is 0.147. The van der Waals surface area contributed by atoms with Crippen LogP contribution in [0, 0.1) is 27.7 Å². The quantitative estimate of drug-likeness (QED) is 0.262. The van der Waals surface area contributed by atoms with E-state index in [0.717, 1.165) is 45.7 Å². The first-order chi connectivity index (χ1) is 19.5. The van der Waals surface area contributed by atoms with Crippen molar-refractivity contribution in [2.75, 3.05) is 10.2 Å². The topological polar surface area (TPSA) is 57.8 Å². The largest absolute Gasteiger partial charge is 0.337 e. The van der Waals surface area contributed by atoms with Crippen LogP contribution in [0.5, 0.6) is 0 Å². The lowest BCUT2D eigenvalue weighted by molar-refractivity contribution is 0.815. The summed E-state index contributed by atoms with van der Waals surface area (Å²) in [6.45, 7) is 8.39. The van der Waals surface area contributed by atoms with Crippen LogP contribution >= 0.6 is 0 Å². The van der Waals surface area contributed by atoms with Crippen molar-refractivity contribution < 1.29 is 0 Å². The van der Waals surface area contributed by atoms with E-state index in [1.165, 1.54) is 22.3 Å². The van der Waals surface area contributed by atoms with E-state index in [2.05, 4.69) is 129 Å². The molecule has 40 heavy (non-hydrogen) atoms. The zero-order valence-electron chi connectivity index (χ0n) is 23.1. The first-order valence-corrected chi connectivity index (χ1v) is 13.6. The molecule has 6 nitrogen and oxygen atoms in total. The second-order valence-corrected chi connectivity index (χ2v) is 10.6. The van der Waals surface area contributed by atoms with E-state index < -0.39 is 0 Å². The Bertz CT molecular complexity index is 1810. The van der Waals surface area contributed by atoms with Gasteiger partial charge in [-0.1, -0.05) is 71.8 Å². The number of hydrogen-bond donors (Lipinski definition) is 1. The molecule has 0 aliphatic carbocycles. The predicted molar refractivity (Wildman–Crippen MR) is 164 cm³/mol. The molecule has 6 heteroatoms. The maximum absolute atomic E-state index is 5.33. The van der Waals surface area contributed by atoms with Gasteiger partial charge in [0, 0.05) is 11.3 Å². The Labute approximate surface area is 234 Å². The maximum atomic E-state index is 5.33. The average Bonchev–Trinajstić information content (AvgIpc) is 3.29. The van der Waals surface area contributed by atoms with Crippen LogP contribution in [0.25, 0.3) is 5.69 Å². The van der Waals surface area contributed by atoms with Gasteiger partial charge in [0.2, 0.25) is 0 Å². The van der Waals surface area contributed by atoms with E-state index in [-0.39, 0.29) is 6.04 Å². The van der Waals surface area contributed by atoms with Gasteiger partial charge in [-0.25, -0.2) is 14.7 Å². The number of aryl methyl sites for hydroxylation is 4. The van der Waals surface area contributed by atoms with Gasteiger partial charge >= 0.3 is 0 Å². The highest BCUT2D eigenvalue weighted by Crippen LogP contribution is 2.48. The third-order valence-corrected chi connectivity index (χ3v) is 7.59. The molecule has 1 N–H and O–H groups in total. The van der Waals surface area contributed by atoms with Crippen LogP contribution in [0.2, 0.25) is 0 Å². The first-order valence-electron chi connectivity index (χ1n) is 13.6. The summed E-state index contributed by atoms with van der Waals surface area (Å²) in [6.07, 6.45) is 0. The highest BCUT2D eigenvalue weighted by Gasteiger charge is 2.41. The van der Waals surface area contributed by atoms with Crippen molar-refractivity contribution in [2.45, 2.75) is 33.7 Å². The first kappa shape index (κ1) is 24.1. The highest BCUT2D eigenvalue weighted by molar-refractivity contribution is 6.51. The number of hydrogen-bond acceptors (Lipinski definition) is 5. The molecule has 1 aromatic heterocycles. The number of nitrogens with zero attached hydrogens (tertiary/aromatic N) is 5. The van der Waals surface area contributed by atoms with Crippen LogP contribution in [0.4, 0.5) is 22.9 Å². The molecule has 0 spiro atoms. The summed E-state index contributed by atoms with van der Waals surface area (Å²) in [4.78, 5) is 12.7. The van der Waals surface area contributed by atoms with E-state index in [1.54, 1.807) is 0 Å². The molecule has 5 aromatic rings. The van der Waals surface area contributed by atoms with Crippen LogP contribution in [0.15, 0.2) is 107 Å². The Morgan fingerprint density at radius 2 is 1.43 bits per heavy atom. The van der Waals surface area contributed by atoms with Crippen LogP contribution < -0.4 is 10.2 Å². The summed E-state index contributed by atoms with van der Waals surface area (Å²) in [6, 6.07) is 33.7. The van der Waals surface area contributed by atoms with Crippen LogP contribution in [-0.4, -0.2) is 21.5 Å².